The first-order chi connectivity index (χ1) is 11.9. The van der Waals surface area contributed by atoms with Crippen LogP contribution in [-0.4, -0.2) is 54.8 Å². The van der Waals surface area contributed by atoms with Gasteiger partial charge in [0.25, 0.3) is 5.69 Å². The van der Waals surface area contributed by atoms with Gasteiger partial charge >= 0.3 is 0 Å². The fraction of sp³-hybridized carbons (Fsp3) is 0.667. The van der Waals surface area contributed by atoms with Gasteiger partial charge in [-0.3, -0.25) is 15.0 Å². The molecule has 0 spiro atoms. The molecule has 25 heavy (non-hydrogen) atoms. The lowest BCUT2D eigenvalue weighted by molar-refractivity contribution is -0.384. The van der Waals surface area contributed by atoms with Crippen molar-refractivity contribution in [3.8, 4) is 0 Å². The summed E-state index contributed by atoms with van der Waals surface area (Å²) in [5, 5.41) is 11.2. The number of anilines is 1. The minimum atomic E-state index is -0.511. The van der Waals surface area contributed by atoms with Crippen molar-refractivity contribution in [1.82, 2.24) is 4.90 Å². The number of piperidine rings is 1. The highest BCUT2D eigenvalue weighted by Crippen LogP contribution is 2.34. The van der Waals surface area contributed by atoms with Gasteiger partial charge in [0.1, 0.15) is 0 Å². The fourth-order valence-corrected chi connectivity index (χ4v) is 4.10. The number of nitro benzene ring substituents is 1. The van der Waals surface area contributed by atoms with Crippen LogP contribution in [-0.2, 0) is 4.74 Å². The van der Waals surface area contributed by atoms with Gasteiger partial charge in [0.05, 0.1) is 17.1 Å². The highest BCUT2D eigenvalue weighted by molar-refractivity contribution is 5.64. The predicted molar refractivity (Wildman–Crippen MR) is 94.4 cm³/mol. The summed E-state index contributed by atoms with van der Waals surface area (Å²) in [4.78, 5) is 15.0. The van der Waals surface area contributed by atoms with Crippen LogP contribution in [0, 0.1) is 21.8 Å². The summed E-state index contributed by atoms with van der Waals surface area (Å²) in [7, 11) is 0. The number of benzene rings is 1. The van der Waals surface area contributed by atoms with Gasteiger partial charge in [-0.2, -0.15) is 0 Å². The van der Waals surface area contributed by atoms with Crippen LogP contribution in [0.3, 0.4) is 0 Å². The molecule has 2 fully saturated rings. The quantitative estimate of drug-likeness (QED) is 0.616. The van der Waals surface area contributed by atoms with Crippen molar-refractivity contribution in [2.45, 2.75) is 38.9 Å². The number of para-hydroxylation sites is 1. The Labute approximate surface area is 147 Å². The summed E-state index contributed by atoms with van der Waals surface area (Å²) in [6, 6.07) is 4.07. The molecule has 0 aliphatic carbocycles. The second-order valence-corrected chi connectivity index (χ2v) is 7.27. The summed E-state index contributed by atoms with van der Waals surface area (Å²) in [5.74, 6) is 0.0306. The molecule has 6 nitrogen and oxygen atoms in total. The Balaban J connectivity index is 1.60. The molecule has 1 aromatic rings. The standard InChI is InChI=1S/C18H26FN3O3/c1-13-10-20(11-14(2)25-13)12-15-6-8-21(9-7-15)18-16(19)4-3-5-17(18)22(23)24/h3-5,13-15H,6-12H2,1-2H3. The minimum absolute atomic E-state index is 0.138. The van der Waals surface area contributed by atoms with Gasteiger partial charge in [-0.1, -0.05) is 6.07 Å². The largest absolute Gasteiger partial charge is 0.373 e. The maximum absolute atomic E-state index is 14.2. The molecule has 0 amide bonds. The molecule has 7 heteroatoms. The second-order valence-electron chi connectivity index (χ2n) is 7.27. The van der Waals surface area contributed by atoms with Gasteiger partial charge in [-0.25, -0.2) is 4.39 Å². The first kappa shape index (κ1) is 18.1. The molecular formula is C18H26FN3O3. The molecule has 2 atom stereocenters. The van der Waals surface area contributed by atoms with Crippen LogP contribution in [0.2, 0.25) is 0 Å². The molecule has 2 aliphatic rings. The van der Waals surface area contributed by atoms with E-state index in [0.717, 1.165) is 32.5 Å². The van der Waals surface area contributed by atoms with E-state index in [9.17, 15) is 14.5 Å². The van der Waals surface area contributed by atoms with E-state index in [2.05, 4.69) is 18.7 Å². The van der Waals surface area contributed by atoms with E-state index in [1.165, 1.54) is 18.2 Å². The molecule has 0 aromatic heterocycles. The minimum Gasteiger partial charge on any atom is -0.373 e. The molecular weight excluding hydrogens is 325 g/mol. The number of halogens is 1. The van der Waals surface area contributed by atoms with Crippen LogP contribution in [0.15, 0.2) is 18.2 Å². The molecule has 2 saturated heterocycles. The van der Waals surface area contributed by atoms with Gasteiger partial charge in [0.15, 0.2) is 11.5 Å². The summed E-state index contributed by atoms with van der Waals surface area (Å²) >= 11 is 0. The number of ether oxygens (including phenoxy) is 1. The maximum atomic E-state index is 14.2. The number of morpholine rings is 1. The normalized spacial score (nSPS) is 26.0. The molecule has 0 radical (unpaired) electrons. The molecule has 2 unspecified atom stereocenters. The molecule has 138 valence electrons. The first-order valence-electron chi connectivity index (χ1n) is 8.99. The van der Waals surface area contributed by atoms with Crippen molar-refractivity contribution in [3.63, 3.8) is 0 Å². The lowest BCUT2D eigenvalue weighted by Crippen LogP contribution is -2.48. The Morgan fingerprint density at radius 3 is 2.48 bits per heavy atom. The van der Waals surface area contributed by atoms with Gasteiger partial charge < -0.3 is 9.64 Å². The van der Waals surface area contributed by atoms with E-state index >= 15 is 0 Å². The second kappa shape index (κ2) is 7.66. The lowest BCUT2D eigenvalue weighted by Gasteiger charge is -2.39. The lowest BCUT2D eigenvalue weighted by atomic mass is 9.95. The summed E-state index contributed by atoms with van der Waals surface area (Å²) in [6.45, 7) is 8.42. The highest BCUT2D eigenvalue weighted by atomic mass is 19.1. The predicted octanol–water partition coefficient (Wildman–Crippen LogP) is 3.06. The van der Waals surface area contributed by atoms with Gasteiger partial charge in [-0.15, -0.1) is 0 Å². The maximum Gasteiger partial charge on any atom is 0.295 e. The zero-order chi connectivity index (χ0) is 18.0. The van der Waals surface area contributed by atoms with Crippen LogP contribution >= 0.6 is 0 Å². The molecule has 2 aliphatic heterocycles. The Morgan fingerprint density at radius 1 is 1.24 bits per heavy atom. The van der Waals surface area contributed by atoms with Crippen molar-refractivity contribution >= 4 is 11.4 Å². The average molecular weight is 351 g/mol. The van der Waals surface area contributed by atoms with Gasteiger partial charge in [-0.05, 0) is 38.7 Å². The van der Waals surface area contributed by atoms with Crippen molar-refractivity contribution in [1.29, 1.82) is 0 Å². The number of nitrogens with zero attached hydrogens (tertiary/aromatic N) is 3. The van der Waals surface area contributed by atoms with Crippen LogP contribution in [0.1, 0.15) is 26.7 Å². The molecule has 1 aromatic carbocycles. The highest BCUT2D eigenvalue weighted by Gasteiger charge is 2.30. The Kier molecular flexibility index (Phi) is 5.54. The van der Waals surface area contributed by atoms with E-state index in [0.29, 0.717) is 19.0 Å². The zero-order valence-corrected chi connectivity index (χ0v) is 14.9. The zero-order valence-electron chi connectivity index (χ0n) is 14.9. The van der Waals surface area contributed by atoms with Gasteiger partial charge in [0, 0.05) is 38.8 Å². The van der Waals surface area contributed by atoms with E-state index in [1.54, 1.807) is 0 Å². The summed E-state index contributed by atoms with van der Waals surface area (Å²) in [5.41, 5.74) is -0.00570. The van der Waals surface area contributed by atoms with E-state index in [4.69, 9.17) is 4.74 Å². The van der Waals surface area contributed by atoms with Crippen molar-refractivity contribution in [3.05, 3.63) is 34.1 Å². The Morgan fingerprint density at radius 2 is 1.88 bits per heavy atom. The number of rotatable bonds is 4. The number of hydrogen-bond donors (Lipinski definition) is 0. The van der Waals surface area contributed by atoms with Crippen LogP contribution < -0.4 is 4.90 Å². The molecule has 3 rings (SSSR count). The smallest absolute Gasteiger partial charge is 0.295 e. The van der Waals surface area contributed by atoms with E-state index < -0.39 is 10.7 Å². The summed E-state index contributed by atoms with van der Waals surface area (Å²) in [6.07, 6.45) is 2.35. The van der Waals surface area contributed by atoms with E-state index in [1.807, 2.05) is 4.90 Å². The molecule has 0 saturated carbocycles. The number of nitro groups is 1. The van der Waals surface area contributed by atoms with Crippen LogP contribution in [0.25, 0.3) is 0 Å². The molecule has 0 N–H and O–H groups in total. The molecule has 2 heterocycles. The van der Waals surface area contributed by atoms with Crippen LogP contribution in [0.4, 0.5) is 15.8 Å². The third kappa shape index (κ3) is 4.27. The molecule has 0 bridgehead atoms. The van der Waals surface area contributed by atoms with Crippen molar-refractivity contribution in [2.75, 3.05) is 37.6 Å². The van der Waals surface area contributed by atoms with E-state index in [-0.39, 0.29) is 23.6 Å². The summed E-state index contributed by atoms with van der Waals surface area (Å²) < 4.78 is 20.0. The van der Waals surface area contributed by atoms with Crippen LogP contribution in [0.5, 0.6) is 0 Å². The topological polar surface area (TPSA) is 58.9 Å². The van der Waals surface area contributed by atoms with Crippen molar-refractivity contribution < 1.29 is 14.1 Å². The van der Waals surface area contributed by atoms with Gasteiger partial charge in [0.2, 0.25) is 0 Å². The Hall–Kier alpha value is -1.73. The monoisotopic (exact) mass is 351 g/mol. The third-order valence-corrected chi connectivity index (χ3v) is 5.10. The third-order valence-electron chi connectivity index (χ3n) is 5.10. The SMILES string of the molecule is CC1CN(CC2CCN(c3c(F)cccc3[N+](=O)[O-])CC2)CC(C)O1. The fourth-order valence-electron chi connectivity index (χ4n) is 4.10. The Bertz CT molecular complexity index is 610. The number of hydrogen-bond acceptors (Lipinski definition) is 5. The average Bonchev–Trinajstić information content (AvgIpc) is 2.54. The first-order valence-corrected chi connectivity index (χ1v) is 8.99. The van der Waals surface area contributed by atoms with Crippen molar-refractivity contribution in [2.24, 2.45) is 5.92 Å².